The summed E-state index contributed by atoms with van der Waals surface area (Å²) >= 11 is 0. The Morgan fingerprint density at radius 2 is 1.85 bits per heavy atom. The molecule has 130 valence electrons. The van der Waals surface area contributed by atoms with Gasteiger partial charge in [-0.2, -0.15) is 5.26 Å². The Kier molecular flexibility index (Phi) is 4.55. The number of aromatic nitrogens is 2. The molecule has 1 heterocycles. The van der Waals surface area contributed by atoms with Crippen LogP contribution in [0.1, 0.15) is 41.8 Å². The normalized spacial score (nSPS) is 20.2. The molecule has 1 saturated carbocycles. The first kappa shape index (κ1) is 16.6. The second-order valence-corrected chi connectivity index (χ2v) is 6.78. The molecule has 0 spiro atoms. The fraction of sp³-hybridized carbons (Fsp3) is 0.273. The topological polar surface area (TPSA) is 50.8 Å². The van der Waals surface area contributed by atoms with Crippen LogP contribution in [-0.4, -0.2) is 15.7 Å². The Hall–Kier alpha value is -2.90. The van der Waals surface area contributed by atoms with E-state index in [1.165, 1.54) is 5.56 Å². The molecule has 1 aliphatic carbocycles. The Labute approximate surface area is 153 Å². The van der Waals surface area contributed by atoms with Crippen molar-refractivity contribution in [3.63, 3.8) is 0 Å². The monoisotopic (exact) mass is 343 g/mol. The second-order valence-electron chi connectivity index (χ2n) is 6.78. The van der Waals surface area contributed by atoms with Gasteiger partial charge in [-0.3, -0.25) is 0 Å². The van der Waals surface area contributed by atoms with Crippen LogP contribution >= 0.6 is 0 Å². The lowest BCUT2D eigenvalue weighted by molar-refractivity contribution is -0.0393. The zero-order valence-corrected chi connectivity index (χ0v) is 14.7. The molecule has 3 aromatic rings. The van der Waals surface area contributed by atoms with E-state index in [4.69, 9.17) is 4.74 Å². The van der Waals surface area contributed by atoms with Crippen LogP contribution in [0.25, 0.3) is 5.69 Å². The first-order valence-electron chi connectivity index (χ1n) is 8.95. The van der Waals surface area contributed by atoms with Crippen molar-refractivity contribution in [1.29, 1.82) is 5.26 Å². The zero-order valence-electron chi connectivity index (χ0n) is 14.7. The van der Waals surface area contributed by atoms with Gasteiger partial charge in [-0.1, -0.05) is 42.5 Å². The summed E-state index contributed by atoms with van der Waals surface area (Å²) in [4.78, 5) is 4.24. The highest BCUT2D eigenvalue weighted by Crippen LogP contribution is 2.40. The molecule has 0 aliphatic heterocycles. The Bertz CT molecular complexity index is 903. The molecule has 1 aromatic heterocycles. The quantitative estimate of drug-likeness (QED) is 0.674. The third kappa shape index (κ3) is 3.26. The van der Waals surface area contributed by atoms with Gasteiger partial charge in [0.1, 0.15) is 5.82 Å². The standard InChI is InChI=1S/C22H21N3O/c1-16-24-11-12-25(16)20-9-7-18(8-10-20)22(15-23)26-21-13-19(14-21)17-5-3-2-4-6-17/h2-12,19,21-22H,13-14H2,1H3. The summed E-state index contributed by atoms with van der Waals surface area (Å²) in [5.41, 5.74) is 3.30. The number of nitrogens with zero attached hydrogens (tertiary/aromatic N) is 3. The number of hydrogen-bond donors (Lipinski definition) is 0. The van der Waals surface area contributed by atoms with Crippen LogP contribution < -0.4 is 0 Å². The zero-order chi connectivity index (χ0) is 17.9. The van der Waals surface area contributed by atoms with Crippen molar-refractivity contribution >= 4 is 0 Å². The van der Waals surface area contributed by atoms with E-state index in [9.17, 15) is 5.26 Å². The number of nitriles is 1. The molecule has 4 rings (SSSR count). The maximum Gasteiger partial charge on any atom is 0.169 e. The average Bonchev–Trinajstić information content (AvgIpc) is 3.08. The highest BCUT2D eigenvalue weighted by molar-refractivity contribution is 5.37. The van der Waals surface area contributed by atoms with Crippen molar-refractivity contribution in [2.45, 2.75) is 37.9 Å². The van der Waals surface area contributed by atoms with Crippen LogP contribution in [0.3, 0.4) is 0 Å². The van der Waals surface area contributed by atoms with E-state index in [2.05, 4.69) is 35.3 Å². The number of hydrogen-bond acceptors (Lipinski definition) is 3. The molecule has 1 atom stereocenters. The molecule has 0 saturated heterocycles. The Balaban J connectivity index is 1.39. The van der Waals surface area contributed by atoms with Crippen molar-refractivity contribution in [2.75, 3.05) is 0 Å². The third-order valence-electron chi connectivity index (χ3n) is 5.11. The minimum Gasteiger partial charge on any atom is -0.355 e. The van der Waals surface area contributed by atoms with E-state index in [0.717, 1.165) is 29.9 Å². The Morgan fingerprint density at radius 1 is 1.12 bits per heavy atom. The van der Waals surface area contributed by atoms with Gasteiger partial charge >= 0.3 is 0 Å². The largest absolute Gasteiger partial charge is 0.355 e. The molecule has 4 heteroatoms. The summed E-state index contributed by atoms with van der Waals surface area (Å²) in [7, 11) is 0. The van der Waals surface area contributed by atoms with E-state index >= 15 is 0 Å². The highest BCUT2D eigenvalue weighted by atomic mass is 16.5. The molecular weight excluding hydrogens is 322 g/mol. The van der Waals surface area contributed by atoms with Gasteiger partial charge in [-0.15, -0.1) is 0 Å². The van der Waals surface area contributed by atoms with Crippen LogP contribution in [0, 0.1) is 18.3 Å². The molecule has 1 aliphatic rings. The average molecular weight is 343 g/mol. The molecule has 1 unspecified atom stereocenters. The molecule has 1 fully saturated rings. The lowest BCUT2D eigenvalue weighted by atomic mass is 9.77. The number of aryl methyl sites for hydroxylation is 1. The van der Waals surface area contributed by atoms with Gasteiger partial charge in [0, 0.05) is 18.1 Å². The van der Waals surface area contributed by atoms with Gasteiger partial charge in [-0.25, -0.2) is 4.98 Å². The molecular formula is C22H21N3O. The fourth-order valence-corrected chi connectivity index (χ4v) is 3.51. The SMILES string of the molecule is Cc1nccn1-c1ccc(C(C#N)OC2CC(c3ccccc3)C2)cc1. The highest BCUT2D eigenvalue weighted by Gasteiger charge is 2.33. The fourth-order valence-electron chi connectivity index (χ4n) is 3.51. The van der Waals surface area contributed by atoms with Gasteiger partial charge in [0.15, 0.2) is 6.10 Å². The molecule has 4 nitrogen and oxygen atoms in total. The second kappa shape index (κ2) is 7.15. The number of rotatable bonds is 5. The summed E-state index contributed by atoms with van der Waals surface area (Å²) in [5.74, 6) is 1.49. The first-order valence-corrected chi connectivity index (χ1v) is 8.95. The van der Waals surface area contributed by atoms with Crippen molar-refractivity contribution in [3.05, 3.63) is 83.9 Å². The van der Waals surface area contributed by atoms with Gasteiger partial charge < -0.3 is 9.30 Å². The molecule has 0 bridgehead atoms. The minimum atomic E-state index is -0.519. The molecule has 2 aromatic carbocycles. The van der Waals surface area contributed by atoms with Gasteiger partial charge in [-0.05, 0) is 48.9 Å². The van der Waals surface area contributed by atoms with Gasteiger partial charge in [0.2, 0.25) is 0 Å². The van der Waals surface area contributed by atoms with Crippen molar-refractivity contribution in [1.82, 2.24) is 9.55 Å². The molecule has 0 amide bonds. The summed E-state index contributed by atoms with van der Waals surface area (Å²) in [6.07, 6.45) is 5.31. The predicted octanol–water partition coefficient (Wildman–Crippen LogP) is 4.71. The van der Waals surface area contributed by atoms with Crippen molar-refractivity contribution in [2.24, 2.45) is 0 Å². The minimum absolute atomic E-state index is 0.153. The summed E-state index contributed by atoms with van der Waals surface area (Å²) < 4.78 is 8.06. The molecule has 26 heavy (non-hydrogen) atoms. The summed E-state index contributed by atoms with van der Waals surface area (Å²) in [6, 6.07) is 20.8. The van der Waals surface area contributed by atoms with Crippen molar-refractivity contribution in [3.8, 4) is 11.8 Å². The van der Waals surface area contributed by atoms with Gasteiger partial charge in [0.05, 0.1) is 12.2 Å². The third-order valence-corrected chi connectivity index (χ3v) is 5.11. The predicted molar refractivity (Wildman–Crippen MR) is 99.9 cm³/mol. The summed E-state index contributed by atoms with van der Waals surface area (Å²) in [5, 5.41) is 9.54. The maximum atomic E-state index is 9.54. The lowest BCUT2D eigenvalue weighted by Gasteiger charge is -2.36. The van der Waals surface area contributed by atoms with Crippen LogP contribution in [0.5, 0.6) is 0 Å². The first-order chi connectivity index (χ1) is 12.7. The lowest BCUT2D eigenvalue weighted by Crippen LogP contribution is -2.30. The van der Waals surface area contributed by atoms with Crippen LogP contribution in [0.4, 0.5) is 0 Å². The van der Waals surface area contributed by atoms with E-state index in [1.807, 2.05) is 48.0 Å². The van der Waals surface area contributed by atoms with E-state index in [-0.39, 0.29) is 6.10 Å². The molecule has 0 N–H and O–H groups in total. The van der Waals surface area contributed by atoms with E-state index in [1.54, 1.807) is 6.20 Å². The maximum absolute atomic E-state index is 9.54. The van der Waals surface area contributed by atoms with E-state index < -0.39 is 6.10 Å². The summed E-state index contributed by atoms with van der Waals surface area (Å²) in [6.45, 7) is 1.97. The van der Waals surface area contributed by atoms with Gasteiger partial charge in [0.25, 0.3) is 0 Å². The van der Waals surface area contributed by atoms with Crippen LogP contribution in [0.2, 0.25) is 0 Å². The van der Waals surface area contributed by atoms with E-state index in [0.29, 0.717) is 5.92 Å². The molecule has 0 radical (unpaired) electrons. The number of ether oxygens (including phenoxy) is 1. The Morgan fingerprint density at radius 3 is 2.46 bits per heavy atom. The number of imidazole rings is 1. The van der Waals surface area contributed by atoms with Crippen molar-refractivity contribution < 1.29 is 4.74 Å². The number of benzene rings is 2. The van der Waals surface area contributed by atoms with Crippen LogP contribution in [-0.2, 0) is 4.74 Å². The smallest absolute Gasteiger partial charge is 0.169 e. The van der Waals surface area contributed by atoms with Crippen LogP contribution in [0.15, 0.2) is 67.0 Å².